The molecule has 7 heteroatoms. The molecule has 2 unspecified atom stereocenters. The van der Waals surface area contributed by atoms with Gasteiger partial charge in [0.2, 0.25) is 0 Å². The lowest BCUT2D eigenvalue weighted by Gasteiger charge is -2.15. The lowest BCUT2D eigenvalue weighted by atomic mass is 10.2. The molecule has 0 saturated heterocycles. The highest BCUT2D eigenvalue weighted by Gasteiger charge is 2.14. The Morgan fingerprint density at radius 3 is 2.87 bits per heavy atom. The van der Waals surface area contributed by atoms with Crippen molar-refractivity contribution in [1.29, 1.82) is 0 Å². The number of thiazole rings is 1. The van der Waals surface area contributed by atoms with Crippen LogP contribution >= 0.6 is 11.3 Å². The van der Waals surface area contributed by atoms with E-state index < -0.39 is 0 Å². The molecule has 0 spiro atoms. The molecule has 2 rings (SSSR count). The average Bonchev–Trinajstić information content (AvgIpc) is 2.91. The van der Waals surface area contributed by atoms with E-state index in [1.165, 1.54) is 4.88 Å². The molecule has 2 atom stereocenters. The highest BCUT2D eigenvalue weighted by atomic mass is 32.1. The minimum atomic E-state index is 0.0702. The number of rotatable bonds is 4. The quantitative estimate of drug-likeness (QED) is 0.812. The van der Waals surface area contributed by atoms with Crippen LogP contribution in [0.3, 0.4) is 0 Å². The van der Waals surface area contributed by atoms with Gasteiger partial charge in [0.1, 0.15) is 0 Å². The molecule has 0 bridgehead atoms. The zero-order valence-electron chi connectivity index (χ0n) is 8.51. The van der Waals surface area contributed by atoms with E-state index in [1.807, 2.05) is 18.6 Å². The molecule has 2 aromatic heterocycles. The Bertz CT molecular complexity index is 345. The van der Waals surface area contributed by atoms with Crippen LogP contribution in [0.4, 0.5) is 0 Å². The number of aromatic nitrogens is 5. The molecule has 15 heavy (non-hydrogen) atoms. The first-order chi connectivity index (χ1) is 7.27. The van der Waals surface area contributed by atoms with Gasteiger partial charge in [-0.3, -0.25) is 10.3 Å². The van der Waals surface area contributed by atoms with Gasteiger partial charge in [0.15, 0.2) is 5.82 Å². The Morgan fingerprint density at radius 1 is 1.40 bits per heavy atom. The summed E-state index contributed by atoms with van der Waals surface area (Å²) in [6, 6.07) is 0.312. The van der Waals surface area contributed by atoms with E-state index in [4.69, 9.17) is 0 Å². The summed E-state index contributed by atoms with van der Waals surface area (Å²) in [7, 11) is 0. The zero-order valence-corrected chi connectivity index (χ0v) is 9.32. The fraction of sp³-hybridized carbons (Fsp3) is 0.500. The fourth-order valence-electron chi connectivity index (χ4n) is 1.32. The number of nitrogens with one attached hydrogen (secondary N) is 2. The van der Waals surface area contributed by atoms with Crippen LogP contribution in [-0.4, -0.2) is 25.6 Å². The molecule has 0 amide bonds. The normalized spacial score (nSPS) is 15.1. The molecule has 0 aromatic carbocycles. The molecular formula is C8H12N6S. The Labute approximate surface area is 91.1 Å². The molecule has 0 fully saturated rings. The van der Waals surface area contributed by atoms with Crippen LogP contribution in [0.5, 0.6) is 0 Å². The van der Waals surface area contributed by atoms with Gasteiger partial charge in [-0.15, -0.1) is 21.5 Å². The molecule has 2 heterocycles. The van der Waals surface area contributed by atoms with Crippen molar-refractivity contribution in [3.05, 3.63) is 22.4 Å². The fourth-order valence-corrected chi connectivity index (χ4v) is 1.96. The van der Waals surface area contributed by atoms with Crippen LogP contribution in [0.15, 0.2) is 11.7 Å². The van der Waals surface area contributed by atoms with Crippen molar-refractivity contribution in [3.63, 3.8) is 0 Å². The van der Waals surface area contributed by atoms with E-state index >= 15 is 0 Å². The molecule has 2 N–H and O–H groups in total. The van der Waals surface area contributed by atoms with Crippen LogP contribution in [0.25, 0.3) is 0 Å². The molecule has 0 aliphatic carbocycles. The Hall–Kier alpha value is -1.34. The maximum absolute atomic E-state index is 4.04. The topological polar surface area (TPSA) is 79.4 Å². The standard InChI is InChI=1S/C8H12N6S/c1-5(7-3-9-4-15-7)10-6(2)8-11-13-14-12-8/h3-6,10H,1-2H3,(H,11,12,13,14). The minimum absolute atomic E-state index is 0.0702. The van der Waals surface area contributed by atoms with Gasteiger partial charge >= 0.3 is 0 Å². The Balaban J connectivity index is 1.98. The summed E-state index contributed by atoms with van der Waals surface area (Å²) in [5.74, 6) is 0.673. The van der Waals surface area contributed by atoms with Gasteiger partial charge in [-0.05, 0) is 13.8 Å². The van der Waals surface area contributed by atoms with Crippen molar-refractivity contribution in [2.75, 3.05) is 0 Å². The summed E-state index contributed by atoms with van der Waals surface area (Å²) in [4.78, 5) is 5.24. The van der Waals surface area contributed by atoms with Gasteiger partial charge in [-0.2, -0.15) is 5.21 Å². The van der Waals surface area contributed by atoms with Gasteiger partial charge < -0.3 is 0 Å². The van der Waals surface area contributed by atoms with Crippen molar-refractivity contribution < 1.29 is 0 Å². The summed E-state index contributed by atoms with van der Waals surface area (Å²) >= 11 is 1.63. The highest BCUT2D eigenvalue weighted by molar-refractivity contribution is 7.09. The van der Waals surface area contributed by atoms with Crippen LogP contribution in [0.2, 0.25) is 0 Å². The van der Waals surface area contributed by atoms with E-state index in [1.54, 1.807) is 11.3 Å². The SMILES string of the molecule is CC(NC(C)c1cncs1)c1nn[nH]n1. The van der Waals surface area contributed by atoms with Crippen LogP contribution in [-0.2, 0) is 0 Å². The summed E-state index contributed by atoms with van der Waals surface area (Å²) < 4.78 is 0. The van der Waals surface area contributed by atoms with Crippen molar-refractivity contribution in [2.45, 2.75) is 25.9 Å². The van der Waals surface area contributed by atoms with Gasteiger partial charge in [-0.1, -0.05) is 5.21 Å². The second-order valence-corrected chi connectivity index (χ2v) is 4.20. The Morgan fingerprint density at radius 2 is 2.27 bits per heavy atom. The monoisotopic (exact) mass is 224 g/mol. The first-order valence-electron chi connectivity index (χ1n) is 4.65. The number of H-pyrrole nitrogens is 1. The third kappa shape index (κ3) is 2.37. The molecular weight excluding hydrogens is 212 g/mol. The number of nitrogens with zero attached hydrogens (tertiary/aromatic N) is 4. The second-order valence-electron chi connectivity index (χ2n) is 3.28. The summed E-state index contributed by atoms with van der Waals surface area (Å²) in [5.41, 5.74) is 1.83. The Kier molecular flexibility index (Phi) is 3.02. The van der Waals surface area contributed by atoms with Crippen molar-refractivity contribution in [1.82, 2.24) is 30.9 Å². The molecule has 0 aliphatic heterocycles. The second kappa shape index (κ2) is 4.45. The van der Waals surface area contributed by atoms with Gasteiger partial charge in [0, 0.05) is 17.1 Å². The zero-order chi connectivity index (χ0) is 10.7. The number of aromatic amines is 1. The third-order valence-electron chi connectivity index (χ3n) is 2.13. The highest BCUT2D eigenvalue weighted by Crippen LogP contribution is 2.19. The van der Waals surface area contributed by atoms with Crippen LogP contribution in [0, 0.1) is 0 Å². The van der Waals surface area contributed by atoms with Crippen molar-refractivity contribution in [3.8, 4) is 0 Å². The summed E-state index contributed by atoms with van der Waals surface area (Å²) in [5, 5.41) is 17.2. The predicted molar refractivity (Wildman–Crippen MR) is 56.3 cm³/mol. The van der Waals surface area contributed by atoms with Gasteiger partial charge in [0.25, 0.3) is 0 Å². The maximum Gasteiger partial charge on any atom is 0.191 e. The number of hydrogen-bond acceptors (Lipinski definition) is 6. The molecule has 80 valence electrons. The van der Waals surface area contributed by atoms with E-state index in [9.17, 15) is 0 Å². The maximum atomic E-state index is 4.04. The van der Waals surface area contributed by atoms with E-state index in [-0.39, 0.29) is 12.1 Å². The van der Waals surface area contributed by atoms with Crippen molar-refractivity contribution >= 4 is 11.3 Å². The molecule has 0 saturated carbocycles. The van der Waals surface area contributed by atoms with Gasteiger partial charge in [-0.25, -0.2) is 0 Å². The van der Waals surface area contributed by atoms with E-state index in [0.29, 0.717) is 5.82 Å². The molecule has 2 aromatic rings. The smallest absolute Gasteiger partial charge is 0.191 e. The van der Waals surface area contributed by atoms with Crippen LogP contribution in [0.1, 0.15) is 36.6 Å². The minimum Gasteiger partial charge on any atom is -0.300 e. The van der Waals surface area contributed by atoms with E-state index in [0.717, 1.165) is 0 Å². The van der Waals surface area contributed by atoms with Crippen molar-refractivity contribution in [2.24, 2.45) is 0 Å². The number of hydrogen-bond donors (Lipinski definition) is 2. The molecule has 0 aliphatic rings. The molecule has 6 nitrogen and oxygen atoms in total. The largest absolute Gasteiger partial charge is 0.300 e. The lowest BCUT2D eigenvalue weighted by molar-refractivity contribution is 0.481. The summed E-state index contributed by atoms with van der Waals surface area (Å²) in [6.45, 7) is 4.09. The van der Waals surface area contributed by atoms with E-state index in [2.05, 4.69) is 37.8 Å². The van der Waals surface area contributed by atoms with Gasteiger partial charge in [0.05, 0.1) is 11.6 Å². The summed E-state index contributed by atoms with van der Waals surface area (Å²) in [6.07, 6.45) is 1.87. The number of tetrazole rings is 1. The van der Waals surface area contributed by atoms with Crippen LogP contribution < -0.4 is 5.32 Å². The average molecular weight is 224 g/mol. The lowest BCUT2D eigenvalue weighted by Crippen LogP contribution is -2.22. The predicted octanol–water partition coefficient (Wildman–Crippen LogP) is 1.07. The first-order valence-corrected chi connectivity index (χ1v) is 5.53. The molecule has 0 radical (unpaired) electrons. The first kappa shape index (κ1) is 10.2. The third-order valence-corrected chi connectivity index (χ3v) is 3.09.